The predicted molar refractivity (Wildman–Crippen MR) is 92.8 cm³/mol. The minimum absolute atomic E-state index is 0.102. The van der Waals surface area contributed by atoms with Crippen LogP contribution < -0.4 is 4.74 Å². The van der Waals surface area contributed by atoms with Crippen molar-refractivity contribution in [1.29, 1.82) is 0 Å². The van der Waals surface area contributed by atoms with E-state index >= 15 is 0 Å². The van der Waals surface area contributed by atoms with E-state index in [1.54, 1.807) is 20.1 Å². The Bertz CT molecular complexity index is 828. The van der Waals surface area contributed by atoms with Crippen molar-refractivity contribution in [3.63, 3.8) is 0 Å². The number of benzene rings is 2. The Hall–Kier alpha value is -2.18. The second-order valence-corrected chi connectivity index (χ2v) is 7.52. The topological polar surface area (TPSA) is 63.7 Å². The van der Waals surface area contributed by atoms with Crippen LogP contribution in [-0.2, 0) is 10.0 Å². The molecule has 0 spiro atoms. The van der Waals surface area contributed by atoms with Crippen LogP contribution in [-0.4, -0.2) is 32.7 Å². The van der Waals surface area contributed by atoms with E-state index in [9.17, 15) is 13.2 Å². The Kier molecular flexibility index (Phi) is 5.41. The maximum absolute atomic E-state index is 12.8. The van der Waals surface area contributed by atoms with E-state index in [4.69, 9.17) is 4.74 Å². The van der Waals surface area contributed by atoms with Crippen LogP contribution in [0.1, 0.15) is 35.8 Å². The molecule has 6 heteroatoms. The molecule has 0 aliphatic rings. The zero-order valence-corrected chi connectivity index (χ0v) is 15.0. The average molecular weight is 347 g/mol. The molecule has 1 atom stereocenters. The van der Waals surface area contributed by atoms with E-state index in [1.807, 2.05) is 18.2 Å². The first-order valence-electron chi connectivity index (χ1n) is 7.51. The number of hydrogen-bond donors (Lipinski definition) is 0. The van der Waals surface area contributed by atoms with E-state index in [-0.39, 0.29) is 10.7 Å². The summed E-state index contributed by atoms with van der Waals surface area (Å²) in [5.74, 6) is 0.536. The first-order chi connectivity index (χ1) is 11.3. The molecule has 0 heterocycles. The highest BCUT2D eigenvalue weighted by molar-refractivity contribution is 7.89. The van der Waals surface area contributed by atoms with Gasteiger partial charge in [-0.2, -0.15) is 4.31 Å². The summed E-state index contributed by atoms with van der Waals surface area (Å²) in [5, 5.41) is 0. The lowest BCUT2D eigenvalue weighted by molar-refractivity contribution is 0.101. The number of ether oxygens (including phenoxy) is 1. The molecule has 0 N–H and O–H groups in total. The molecule has 0 unspecified atom stereocenters. The molecule has 0 amide bonds. The van der Waals surface area contributed by atoms with Gasteiger partial charge in [0.2, 0.25) is 10.0 Å². The minimum Gasteiger partial charge on any atom is -0.496 e. The van der Waals surface area contributed by atoms with Gasteiger partial charge in [0.1, 0.15) is 5.75 Å². The molecule has 0 bridgehead atoms. The Morgan fingerprint density at radius 2 is 1.67 bits per heavy atom. The molecule has 0 saturated carbocycles. The number of carbonyl (C=O) groups excluding carboxylic acids is 1. The Morgan fingerprint density at radius 3 is 2.21 bits per heavy atom. The third-order valence-electron chi connectivity index (χ3n) is 4.07. The number of hydrogen-bond acceptors (Lipinski definition) is 4. The van der Waals surface area contributed by atoms with Gasteiger partial charge in [0.25, 0.3) is 0 Å². The first-order valence-corrected chi connectivity index (χ1v) is 8.95. The van der Waals surface area contributed by atoms with E-state index < -0.39 is 16.1 Å². The number of rotatable bonds is 6. The van der Waals surface area contributed by atoms with Crippen LogP contribution in [0.15, 0.2) is 53.4 Å². The normalized spacial score (nSPS) is 12.9. The van der Waals surface area contributed by atoms with Crippen molar-refractivity contribution in [3.05, 3.63) is 59.7 Å². The van der Waals surface area contributed by atoms with Crippen molar-refractivity contribution < 1.29 is 17.9 Å². The molecule has 24 heavy (non-hydrogen) atoms. The number of Topliss-reactive ketones (excluding diaryl/α,β-unsaturated/α-hetero) is 1. The number of carbonyl (C=O) groups is 1. The Balaban J connectivity index is 2.36. The van der Waals surface area contributed by atoms with Crippen molar-refractivity contribution >= 4 is 15.8 Å². The molecular weight excluding hydrogens is 326 g/mol. The van der Waals surface area contributed by atoms with Gasteiger partial charge in [-0.25, -0.2) is 8.42 Å². The number of sulfonamides is 1. The van der Waals surface area contributed by atoms with Gasteiger partial charge in [0, 0.05) is 18.2 Å². The summed E-state index contributed by atoms with van der Waals surface area (Å²) in [6.45, 7) is 3.25. The lowest BCUT2D eigenvalue weighted by Crippen LogP contribution is -2.30. The summed E-state index contributed by atoms with van der Waals surface area (Å²) in [7, 11) is -0.598. The van der Waals surface area contributed by atoms with Crippen LogP contribution in [0.2, 0.25) is 0 Å². The molecule has 128 valence electrons. The SMILES string of the molecule is COc1ccccc1[C@H](C)N(C)S(=O)(=O)c1ccc(C(C)=O)cc1. The van der Waals surface area contributed by atoms with Crippen molar-refractivity contribution in [1.82, 2.24) is 4.31 Å². The fourth-order valence-corrected chi connectivity index (χ4v) is 3.79. The van der Waals surface area contributed by atoms with Gasteiger partial charge in [-0.05, 0) is 32.0 Å². The fraction of sp³-hybridized carbons (Fsp3) is 0.278. The molecule has 0 fully saturated rings. The smallest absolute Gasteiger partial charge is 0.243 e. The molecule has 5 nitrogen and oxygen atoms in total. The van der Waals surface area contributed by atoms with Crippen molar-refractivity contribution in [2.75, 3.05) is 14.2 Å². The fourth-order valence-electron chi connectivity index (χ4n) is 2.44. The van der Waals surface area contributed by atoms with E-state index in [0.29, 0.717) is 11.3 Å². The molecule has 2 rings (SSSR count). The van der Waals surface area contributed by atoms with Gasteiger partial charge in [-0.3, -0.25) is 4.79 Å². The Labute approximate surface area is 142 Å². The first kappa shape index (κ1) is 18.2. The highest BCUT2D eigenvalue weighted by Gasteiger charge is 2.27. The lowest BCUT2D eigenvalue weighted by Gasteiger charge is -2.26. The maximum Gasteiger partial charge on any atom is 0.243 e. The van der Waals surface area contributed by atoms with Crippen LogP contribution >= 0.6 is 0 Å². The third kappa shape index (κ3) is 3.49. The van der Waals surface area contributed by atoms with E-state index in [2.05, 4.69) is 0 Å². The summed E-state index contributed by atoms with van der Waals surface area (Å²) < 4.78 is 32.3. The van der Waals surface area contributed by atoms with E-state index in [1.165, 1.54) is 42.5 Å². The summed E-state index contributed by atoms with van der Waals surface area (Å²) in [6, 6.07) is 12.9. The second-order valence-electron chi connectivity index (χ2n) is 5.52. The number of nitrogens with zero attached hydrogens (tertiary/aromatic N) is 1. The van der Waals surface area contributed by atoms with Crippen LogP contribution in [0.3, 0.4) is 0 Å². The average Bonchev–Trinajstić information content (AvgIpc) is 2.60. The molecule has 0 radical (unpaired) electrons. The van der Waals surface area contributed by atoms with Gasteiger partial charge < -0.3 is 4.74 Å². The van der Waals surface area contributed by atoms with Gasteiger partial charge in [-0.15, -0.1) is 0 Å². The zero-order chi connectivity index (χ0) is 17.9. The molecule has 2 aromatic rings. The van der Waals surface area contributed by atoms with Crippen LogP contribution in [0.25, 0.3) is 0 Å². The van der Waals surface area contributed by atoms with Gasteiger partial charge >= 0.3 is 0 Å². The summed E-state index contributed by atoms with van der Waals surface area (Å²) in [4.78, 5) is 11.5. The highest BCUT2D eigenvalue weighted by atomic mass is 32.2. The van der Waals surface area contributed by atoms with Gasteiger partial charge in [0.15, 0.2) is 5.78 Å². The van der Waals surface area contributed by atoms with Crippen molar-refractivity contribution in [2.24, 2.45) is 0 Å². The largest absolute Gasteiger partial charge is 0.496 e. The zero-order valence-electron chi connectivity index (χ0n) is 14.2. The quantitative estimate of drug-likeness (QED) is 0.752. The molecule has 2 aromatic carbocycles. The standard InChI is InChI=1S/C18H21NO4S/c1-13(17-7-5-6-8-18(17)23-4)19(3)24(21,22)16-11-9-15(10-12-16)14(2)20/h5-13H,1-4H3/t13-/m0/s1. The summed E-state index contributed by atoms with van der Waals surface area (Å²) in [5.41, 5.74) is 1.26. The molecule has 0 aromatic heterocycles. The number of ketones is 1. The Morgan fingerprint density at radius 1 is 1.08 bits per heavy atom. The van der Waals surface area contributed by atoms with Crippen LogP contribution in [0.4, 0.5) is 0 Å². The monoisotopic (exact) mass is 347 g/mol. The van der Waals surface area contributed by atoms with Crippen LogP contribution in [0, 0.1) is 0 Å². The van der Waals surface area contributed by atoms with Gasteiger partial charge in [0.05, 0.1) is 18.0 Å². The number of methoxy groups -OCH3 is 1. The lowest BCUT2D eigenvalue weighted by atomic mass is 10.1. The van der Waals surface area contributed by atoms with Crippen LogP contribution in [0.5, 0.6) is 5.75 Å². The third-order valence-corrected chi connectivity index (χ3v) is 6.01. The highest BCUT2D eigenvalue weighted by Crippen LogP contribution is 2.31. The van der Waals surface area contributed by atoms with E-state index in [0.717, 1.165) is 5.56 Å². The molecular formula is C18H21NO4S. The second kappa shape index (κ2) is 7.15. The predicted octanol–water partition coefficient (Wildman–Crippen LogP) is 3.28. The molecule has 0 aliphatic carbocycles. The van der Waals surface area contributed by atoms with Crippen molar-refractivity contribution in [2.45, 2.75) is 24.8 Å². The number of para-hydroxylation sites is 1. The summed E-state index contributed by atoms with van der Waals surface area (Å²) in [6.07, 6.45) is 0. The maximum atomic E-state index is 12.8. The molecule has 0 aliphatic heterocycles. The van der Waals surface area contributed by atoms with Gasteiger partial charge in [-0.1, -0.05) is 30.3 Å². The van der Waals surface area contributed by atoms with Crippen molar-refractivity contribution in [3.8, 4) is 5.75 Å². The summed E-state index contributed by atoms with van der Waals surface area (Å²) >= 11 is 0. The minimum atomic E-state index is -3.69. The molecule has 0 saturated heterocycles.